The van der Waals surface area contributed by atoms with E-state index in [0.29, 0.717) is 0 Å². The standard InChI is InChI=1S/C89H54N4/c1-3-21-57(22-4-1)83-84(58-43-39-55(40-44-58)56-41-45-59(46-42-56)87-90-81-37-19-20-38-82(81)93(87)62-23-5-2-6-24-62)92-86-64(61-48-50-72-70-30-12-18-36-78(70)89(80(72)54-61)75-33-15-9-27-67(75)68-28-10-16-34-76(68)89)52-51-63(85(86)91-83)60-47-49-71-69-29-11-17-35-77(69)88(79(71)53-60)73-31-13-7-25-65(73)66-26-8-14-32-74(66)88/h1-54H. The number of imidazole rings is 1. The summed E-state index contributed by atoms with van der Waals surface area (Å²) >= 11 is 0. The topological polar surface area (TPSA) is 43.6 Å². The van der Waals surface area contributed by atoms with Gasteiger partial charge in [-0.2, -0.15) is 0 Å². The number of para-hydroxylation sites is 3. The number of hydrogen-bond acceptors (Lipinski definition) is 3. The lowest BCUT2D eigenvalue weighted by atomic mass is 9.70. The van der Waals surface area contributed by atoms with E-state index in [0.717, 1.165) is 95.0 Å². The summed E-state index contributed by atoms with van der Waals surface area (Å²) in [5, 5.41) is 0. The molecule has 2 aromatic heterocycles. The molecule has 2 spiro atoms. The Morgan fingerprint density at radius 2 is 0.527 bits per heavy atom. The Bertz CT molecular complexity index is 5670. The van der Waals surface area contributed by atoms with Crippen LogP contribution in [0.1, 0.15) is 44.5 Å². The summed E-state index contributed by atoms with van der Waals surface area (Å²) < 4.78 is 2.25. The first-order valence-corrected chi connectivity index (χ1v) is 32.2. The summed E-state index contributed by atoms with van der Waals surface area (Å²) in [4.78, 5) is 17.2. The van der Waals surface area contributed by atoms with Crippen molar-refractivity contribution in [1.82, 2.24) is 19.5 Å². The molecule has 4 aliphatic rings. The molecule has 0 saturated carbocycles. The van der Waals surface area contributed by atoms with Crippen molar-refractivity contribution < 1.29 is 0 Å². The van der Waals surface area contributed by atoms with Gasteiger partial charge in [0.2, 0.25) is 0 Å². The van der Waals surface area contributed by atoms with Gasteiger partial charge in [0.15, 0.2) is 0 Å². The fourth-order valence-electron chi connectivity index (χ4n) is 16.8. The van der Waals surface area contributed by atoms with Crippen LogP contribution < -0.4 is 0 Å². The Kier molecular flexibility index (Phi) is 11.0. The third-order valence-electron chi connectivity index (χ3n) is 20.7. The first-order valence-electron chi connectivity index (χ1n) is 32.2. The molecular weight excluding hydrogens is 1130 g/mol. The molecule has 0 unspecified atom stereocenters. The number of aromatic nitrogens is 4. The lowest BCUT2D eigenvalue weighted by molar-refractivity contribution is 0.794. The highest BCUT2D eigenvalue weighted by molar-refractivity contribution is 6.06. The van der Waals surface area contributed by atoms with Crippen LogP contribution in [0.4, 0.5) is 0 Å². The van der Waals surface area contributed by atoms with Crippen molar-refractivity contribution in [3.05, 3.63) is 372 Å². The van der Waals surface area contributed by atoms with E-state index < -0.39 is 10.8 Å². The van der Waals surface area contributed by atoms with Gasteiger partial charge in [0.05, 0.1) is 44.3 Å². The molecule has 0 amide bonds. The molecule has 0 atom stereocenters. The third kappa shape index (κ3) is 7.18. The van der Waals surface area contributed by atoms with E-state index in [-0.39, 0.29) is 0 Å². The van der Waals surface area contributed by atoms with E-state index >= 15 is 0 Å². The summed E-state index contributed by atoms with van der Waals surface area (Å²) in [6.45, 7) is 0. The van der Waals surface area contributed by atoms with Crippen LogP contribution in [0.5, 0.6) is 0 Å². The molecule has 0 radical (unpaired) electrons. The highest BCUT2D eigenvalue weighted by Gasteiger charge is 2.53. The second-order valence-electron chi connectivity index (χ2n) is 25.2. The normalized spacial score (nSPS) is 13.5. The van der Waals surface area contributed by atoms with Crippen molar-refractivity contribution >= 4 is 22.1 Å². The summed E-state index contributed by atoms with van der Waals surface area (Å²) in [5.41, 5.74) is 35.6. The van der Waals surface area contributed by atoms with Gasteiger partial charge in [-0.25, -0.2) is 15.0 Å². The maximum absolute atomic E-state index is 6.04. The molecule has 0 fully saturated rings. The summed E-state index contributed by atoms with van der Waals surface area (Å²) in [6.07, 6.45) is 0. The minimum atomic E-state index is -0.515. The largest absolute Gasteiger partial charge is 0.292 e. The number of fused-ring (bicyclic) bond motifs is 22. The van der Waals surface area contributed by atoms with E-state index in [9.17, 15) is 0 Å². The molecule has 0 saturated heterocycles. The van der Waals surface area contributed by atoms with E-state index in [1.165, 1.54) is 89.0 Å². The van der Waals surface area contributed by atoms with Crippen LogP contribution in [0.3, 0.4) is 0 Å². The summed E-state index contributed by atoms with van der Waals surface area (Å²) in [7, 11) is 0. The molecule has 14 aromatic carbocycles. The van der Waals surface area contributed by atoms with Crippen molar-refractivity contribution in [3.63, 3.8) is 0 Å². The lowest BCUT2D eigenvalue weighted by Gasteiger charge is -2.31. The number of hydrogen-bond donors (Lipinski definition) is 0. The second kappa shape index (κ2) is 19.7. The highest BCUT2D eigenvalue weighted by atomic mass is 15.1. The van der Waals surface area contributed by atoms with Crippen LogP contribution in [-0.2, 0) is 10.8 Å². The van der Waals surface area contributed by atoms with Gasteiger partial charge in [-0.3, -0.25) is 4.57 Å². The lowest BCUT2D eigenvalue weighted by Crippen LogP contribution is -2.25. The highest BCUT2D eigenvalue weighted by Crippen LogP contribution is 2.65. The van der Waals surface area contributed by atoms with E-state index in [4.69, 9.17) is 15.0 Å². The fraction of sp³-hybridized carbons (Fsp3) is 0.0225. The second-order valence-corrected chi connectivity index (χ2v) is 25.2. The average molecular weight is 1180 g/mol. The van der Waals surface area contributed by atoms with Gasteiger partial charge in [0.1, 0.15) is 5.82 Å². The van der Waals surface area contributed by atoms with E-state index in [1.54, 1.807) is 0 Å². The Hall–Kier alpha value is -12.1. The van der Waals surface area contributed by atoms with Crippen molar-refractivity contribution in [2.45, 2.75) is 10.8 Å². The molecule has 4 nitrogen and oxygen atoms in total. The van der Waals surface area contributed by atoms with Crippen LogP contribution in [-0.4, -0.2) is 19.5 Å². The van der Waals surface area contributed by atoms with E-state index in [1.807, 2.05) is 0 Å². The third-order valence-corrected chi connectivity index (χ3v) is 20.7. The Labute approximate surface area is 538 Å². The van der Waals surface area contributed by atoms with Gasteiger partial charge in [-0.05, 0) is 148 Å². The van der Waals surface area contributed by atoms with Crippen molar-refractivity contribution in [2.75, 3.05) is 0 Å². The van der Waals surface area contributed by atoms with Crippen LogP contribution in [0.25, 0.3) is 140 Å². The zero-order valence-electron chi connectivity index (χ0n) is 50.5. The smallest absolute Gasteiger partial charge is 0.145 e. The first kappa shape index (κ1) is 51.7. The predicted molar refractivity (Wildman–Crippen MR) is 379 cm³/mol. The zero-order valence-corrected chi connectivity index (χ0v) is 50.5. The summed E-state index contributed by atoms with van der Waals surface area (Å²) in [5.74, 6) is 0.907. The quantitative estimate of drug-likeness (QED) is 0.160. The SMILES string of the molecule is c1ccc(-c2nc3c(-c4ccc5c(c4)C4(c6ccccc6-c6ccccc64)c4ccccc4-5)ccc(-c4ccc5c(c4)C4(c6ccccc6-c6ccccc64)c4ccccc4-5)c3nc2-c2ccc(-c3ccc(-c4nc5ccccc5n4-c4ccccc4)cc3)cc2)cc1. The molecule has 20 rings (SSSR count). The molecular formula is C89H54N4. The average Bonchev–Trinajstić information content (AvgIpc) is 1.52. The summed E-state index contributed by atoms with van der Waals surface area (Å²) in [6, 6.07) is 121. The van der Waals surface area contributed by atoms with Crippen LogP contribution in [0, 0.1) is 0 Å². The van der Waals surface area contributed by atoms with Gasteiger partial charge in [-0.1, -0.05) is 291 Å². The van der Waals surface area contributed by atoms with Gasteiger partial charge in [0.25, 0.3) is 0 Å². The van der Waals surface area contributed by atoms with Gasteiger partial charge >= 0.3 is 0 Å². The van der Waals surface area contributed by atoms with Crippen LogP contribution >= 0.6 is 0 Å². The number of rotatable bonds is 7. The molecule has 4 heteroatoms. The molecule has 0 N–H and O–H groups in total. The Balaban J connectivity index is 0.791. The Morgan fingerprint density at radius 3 is 0.957 bits per heavy atom. The molecule has 0 aliphatic heterocycles. The minimum Gasteiger partial charge on any atom is -0.292 e. The van der Waals surface area contributed by atoms with E-state index in [2.05, 4.69) is 332 Å². The van der Waals surface area contributed by atoms with Gasteiger partial charge in [0, 0.05) is 33.5 Å². The maximum atomic E-state index is 6.04. The van der Waals surface area contributed by atoms with Gasteiger partial charge < -0.3 is 0 Å². The van der Waals surface area contributed by atoms with Crippen LogP contribution in [0.2, 0.25) is 0 Å². The Morgan fingerprint density at radius 1 is 0.215 bits per heavy atom. The van der Waals surface area contributed by atoms with Crippen LogP contribution in [0.15, 0.2) is 328 Å². The molecule has 2 heterocycles. The number of nitrogens with zero attached hydrogens (tertiary/aromatic N) is 4. The maximum Gasteiger partial charge on any atom is 0.145 e. The molecule has 4 aliphatic carbocycles. The van der Waals surface area contributed by atoms with Crippen molar-refractivity contribution in [1.29, 1.82) is 0 Å². The fourth-order valence-corrected chi connectivity index (χ4v) is 16.8. The van der Waals surface area contributed by atoms with Crippen molar-refractivity contribution in [2.24, 2.45) is 0 Å². The molecule has 16 aromatic rings. The molecule has 0 bridgehead atoms. The van der Waals surface area contributed by atoms with Gasteiger partial charge in [-0.15, -0.1) is 0 Å². The minimum absolute atomic E-state index is 0.510. The molecule has 93 heavy (non-hydrogen) atoms. The first-order chi connectivity index (χ1) is 46.1. The van der Waals surface area contributed by atoms with Crippen molar-refractivity contribution in [3.8, 4) is 117 Å². The number of benzene rings is 14. The monoisotopic (exact) mass is 1180 g/mol. The molecule has 430 valence electrons. The predicted octanol–water partition coefficient (Wildman–Crippen LogP) is 21.7. The zero-order chi connectivity index (χ0) is 60.9.